The number of rotatable bonds is 7. The van der Waals surface area contributed by atoms with E-state index in [-0.39, 0.29) is 30.7 Å². The number of hydrogen-bond acceptors (Lipinski definition) is 6. The minimum Gasteiger partial charge on any atom is -0.489 e. The maximum absolute atomic E-state index is 14.0. The molecule has 2 N–H and O–H groups in total. The third-order valence-electron chi connectivity index (χ3n) is 7.63. The minimum absolute atomic E-state index is 0.00585. The van der Waals surface area contributed by atoms with Crippen LogP contribution >= 0.6 is 0 Å². The molecule has 1 aliphatic rings. The van der Waals surface area contributed by atoms with E-state index in [0.29, 0.717) is 13.1 Å². The van der Waals surface area contributed by atoms with Crippen LogP contribution in [0.1, 0.15) is 59.1 Å². The van der Waals surface area contributed by atoms with Gasteiger partial charge in [-0.05, 0) is 72.4 Å². The Morgan fingerprint density at radius 1 is 1.20 bits per heavy atom. The van der Waals surface area contributed by atoms with Crippen LogP contribution in [0.4, 0.5) is 4.39 Å². The van der Waals surface area contributed by atoms with Crippen LogP contribution in [0.15, 0.2) is 48.5 Å². The summed E-state index contributed by atoms with van der Waals surface area (Å²) in [6.45, 7) is 7.84. The number of aliphatic carboxylic acids is 1. The van der Waals surface area contributed by atoms with Gasteiger partial charge in [0.2, 0.25) is 0 Å². The molecule has 2 heterocycles. The lowest BCUT2D eigenvalue weighted by molar-refractivity contribution is -0.137. The normalized spacial score (nSPS) is 15.7. The summed E-state index contributed by atoms with van der Waals surface area (Å²) in [7, 11) is 1.85. The van der Waals surface area contributed by atoms with Crippen LogP contribution in [-0.4, -0.2) is 55.2 Å². The van der Waals surface area contributed by atoms with E-state index in [1.165, 1.54) is 6.07 Å². The molecule has 5 rings (SSSR count). The monoisotopic (exact) mass is 562 g/mol. The van der Waals surface area contributed by atoms with Gasteiger partial charge >= 0.3 is 5.97 Å². The van der Waals surface area contributed by atoms with Crippen molar-refractivity contribution >= 4 is 23.5 Å². The Labute approximate surface area is 238 Å². The summed E-state index contributed by atoms with van der Waals surface area (Å²) >= 11 is 0. The van der Waals surface area contributed by atoms with Crippen molar-refractivity contribution in [2.45, 2.75) is 58.7 Å². The van der Waals surface area contributed by atoms with Crippen LogP contribution in [0.5, 0.6) is 5.75 Å². The van der Waals surface area contributed by atoms with Crippen LogP contribution in [0.25, 0.3) is 11.0 Å². The summed E-state index contributed by atoms with van der Waals surface area (Å²) in [5, 5.41) is 25.2. The molecule has 0 aliphatic carbocycles. The molecule has 0 saturated carbocycles. The number of carboxylic acids is 1. The zero-order valence-electron chi connectivity index (χ0n) is 23.7. The van der Waals surface area contributed by atoms with Crippen molar-refractivity contribution in [3.8, 4) is 5.75 Å². The van der Waals surface area contributed by atoms with Crippen molar-refractivity contribution in [1.29, 1.82) is 0 Å². The van der Waals surface area contributed by atoms with E-state index < -0.39 is 5.97 Å². The van der Waals surface area contributed by atoms with Gasteiger partial charge in [-0.2, -0.15) is 0 Å². The number of nitrogens with zero attached hydrogens (tertiary/aromatic N) is 4. The molecule has 1 aliphatic heterocycles. The third-order valence-corrected chi connectivity index (χ3v) is 7.63. The van der Waals surface area contributed by atoms with Gasteiger partial charge in [-0.3, -0.25) is 14.5 Å². The number of aryl methyl sites for hydroxylation is 3. The number of ether oxygens (including phenoxy) is 1. The number of carbonyl (C=O) groups is 2. The van der Waals surface area contributed by atoms with E-state index in [0.717, 1.165) is 63.1 Å². The third kappa shape index (κ3) is 6.71. The average molecular weight is 563 g/mol. The van der Waals surface area contributed by atoms with Crippen molar-refractivity contribution in [3.05, 3.63) is 87.7 Å². The summed E-state index contributed by atoms with van der Waals surface area (Å²) in [6.07, 6.45) is 0.820. The Balaban J connectivity index is 0.00000124. The van der Waals surface area contributed by atoms with Crippen molar-refractivity contribution < 1.29 is 28.9 Å². The van der Waals surface area contributed by atoms with E-state index in [9.17, 15) is 14.3 Å². The lowest BCUT2D eigenvalue weighted by Gasteiger charge is -2.25. The quantitative estimate of drug-likeness (QED) is 0.295. The smallest absolute Gasteiger partial charge is 0.304 e. The SMILES string of the molecule is CC[C@@H]1CN(Cc2cc(C(CC(=O)O)c3ccc4c(nnn4C)c3C)ccc2C)Cc2cc(F)ccc2O1.O=CO. The molecule has 41 heavy (non-hydrogen) atoms. The topological polar surface area (TPSA) is 118 Å². The first-order valence-electron chi connectivity index (χ1n) is 13.5. The number of benzene rings is 3. The average Bonchev–Trinajstić information content (AvgIpc) is 3.22. The molecule has 1 unspecified atom stereocenters. The maximum atomic E-state index is 14.0. The number of carboxylic acid groups (broad SMARTS) is 2. The van der Waals surface area contributed by atoms with Gasteiger partial charge in [-0.15, -0.1) is 5.10 Å². The molecule has 216 valence electrons. The number of halogens is 1. The predicted molar refractivity (Wildman–Crippen MR) is 152 cm³/mol. The Bertz CT molecular complexity index is 1550. The molecule has 0 bridgehead atoms. The molecular weight excluding hydrogens is 527 g/mol. The highest BCUT2D eigenvalue weighted by Gasteiger charge is 2.25. The highest BCUT2D eigenvalue weighted by molar-refractivity contribution is 5.80. The zero-order chi connectivity index (χ0) is 29.7. The highest BCUT2D eigenvalue weighted by atomic mass is 19.1. The zero-order valence-corrected chi connectivity index (χ0v) is 23.7. The lowest BCUT2D eigenvalue weighted by atomic mass is 9.84. The molecule has 0 fully saturated rings. The number of hydrogen-bond donors (Lipinski definition) is 2. The molecular formula is C31H35FN4O5. The Kier molecular flexibility index (Phi) is 9.34. The highest BCUT2D eigenvalue weighted by Crippen LogP contribution is 2.35. The van der Waals surface area contributed by atoms with Crippen LogP contribution in [0.3, 0.4) is 0 Å². The van der Waals surface area contributed by atoms with E-state index >= 15 is 0 Å². The van der Waals surface area contributed by atoms with Crippen molar-refractivity contribution in [1.82, 2.24) is 19.9 Å². The van der Waals surface area contributed by atoms with Crippen LogP contribution in [-0.2, 0) is 29.7 Å². The molecule has 0 spiro atoms. The van der Waals surface area contributed by atoms with Crippen LogP contribution < -0.4 is 4.74 Å². The van der Waals surface area contributed by atoms with Gasteiger partial charge in [0.1, 0.15) is 23.2 Å². The fraction of sp³-hybridized carbons (Fsp3) is 0.355. The Hall–Kier alpha value is -4.31. The fourth-order valence-corrected chi connectivity index (χ4v) is 5.46. The molecule has 10 heteroatoms. The van der Waals surface area contributed by atoms with E-state index in [2.05, 4.69) is 41.2 Å². The van der Waals surface area contributed by atoms with Gasteiger partial charge in [0.05, 0.1) is 11.9 Å². The second-order valence-electron chi connectivity index (χ2n) is 10.4. The molecule has 4 aromatic rings. The Morgan fingerprint density at radius 3 is 2.66 bits per heavy atom. The maximum Gasteiger partial charge on any atom is 0.304 e. The molecule has 3 aromatic carbocycles. The lowest BCUT2D eigenvalue weighted by Crippen LogP contribution is -2.32. The molecule has 2 atom stereocenters. The first-order chi connectivity index (χ1) is 19.6. The van der Waals surface area contributed by atoms with Crippen molar-refractivity contribution in [3.63, 3.8) is 0 Å². The molecule has 0 radical (unpaired) electrons. The molecule has 0 amide bonds. The summed E-state index contributed by atoms with van der Waals surface area (Å²) < 4.78 is 21.9. The summed E-state index contributed by atoms with van der Waals surface area (Å²) in [6, 6.07) is 14.9. The van der Waals surface area contributed by atoms with Gasteiger partial charge in [0, 0.05) is 38.2 Å². The predicted octanol–water partition coefficient (Wildman–Crippen LogP) is 5.20. The minimum atomic E-state index is -0.857. The number of aromatic nitrogens is 3. The summed E-state index contributed by atoms with van der Waals surface area (Å²) in [5.74, 6) is -0.719. The van der Waals surface area contributed by atoms with Gasteiger partial charge < -0.3 is 14.9 Å². The summed E-state index contributed by atoms with van der Waals surface area (Å²) in [5.41, 5.74) is 7.61. The fourth-order valence-electron chi connectivity index (χ4n) is 5.46. The van der Waals surface area contributed by atoms with Crippen LogP contribution in [0.2, 0.25) is 0 Å². The van der Waals surface area contributed by atoms with E-state index in [1.54, 1.807) is 16.8 Å². The van der Waals surface area contributed by atoms with Gasteiger partial charge in [0.15, 0.2) is 0 Å². The van der Waals surface area contributed by atoms with Gasteiger partial charge in [-0.25, -0.2) is 9.07 Å². The Morgan fingerprint density at radius 2 is 1.95 bits per heavy atom. The largest absolute Gasteiger partial charge is 0.489 e. The summed E-state index contributed by atoms with van der Waals surface area (Å²) in [4.78, 5) is 22.6. The molecule has 1 aromatic heterocycles. The van der Waals surface area contributed by atoms with Gasteiger partial charge in [0.25, 0.3) is 6.47 Å². The number of fused-ring (bicyclic) bond motifs is 2. The van der Waals surface area contributed by atoms with E-state index in [1.807, 2.05) is 32.2 Å². The second kappa shape index (κ2) is 12.9. The van der Waals surface area contributed by atoms with E-state index in [4.69, 9.17) is 14.6 Å². The van der Waals surface area contributed by atoms with Crippen LogP contribution in [0, 0.1) is 19.7 Å². The van der Waals surface area contributed by atoms with Crippen molar-refractivity contribution in [2.24, 2.45) is 7.05 Å². The molecule has 0 saturated heterocycles. The standard InChI is InChI=1S/C30H33FN4O3.CH2O2/c1-5-24-17-35(16-22-13-23(31)8-11-28(22)38-24)15-21-12-20(7-6-18(21)2)26(14-29(36)37)25-9-10-27-30(19(25)3)32-33-34(27)4;2-1-3/h6-13,24,26H,5,14-17H2,1-4H3,(H,36,37);1H,(H,2,3)/t24-,26?;/m1./s1. The van der Waals surface area contributed by atoms with Gasteiger partial charge in [-0.1, -0.05) is 36.4 Å². The van der Waals surface area contributed by atoms with Crippen molar-refractivity contribution in [2.75, 3.05) is 6.54 Å². The second-order valence-corrected chi connectivity index (χ2v) is 10.4. The first-order valence-corrected chi connectivity index (χ1v) is 13.5. The molecule has 9 nitrogen and oxygen atoms in total. The first kappa shape index (κ1) is 29.7.